The fourth-order valence-corrected chi connectivity index (χ4v) is 3.18. The SMILES string of the molecule is CC(C)NCc1sc(-c2ccccc2F)nc1C(C)C. The molecule has 1 aromatic carbocycles. The first-order chi connectivity index (χ1) is 9.49. The van der Waals surface area contributed by atoms with E-state index in [1.165, 1.54) is 10.9 Å². The van der Waals surface area contributed by atoms with Gasteiger partial charge in [-0.2, -0.15) is 0 Å². The molecule has 1 aromatic heterocycles. The minimum Gasteiger partial charge on any atom is -0.310 e. The molecule has 0 aliphatic rings. The van der Waals surface area contributed by atoms with Crippen LogP contribution in [-0.2, 0) is 6.54 Å². The highest BCUT2D eigenvalue weighted by molar-refractivity contribution is 7.15. The summed E-state index contributed by atoms with van der Waals surface area (Å²) in [7, 11) is 0. The van der Waals surface area contributed by atoms with Crippen molar-refractivity contribution in [3.8, 4) is 10.6 Å². The summed E-state index contributed by atoms with van der Waals surface area (Å²) in [6, 6.07) is 7.25. The van der Waals surface area contributed by atoms with Gasteiger partial charge in [-0.05, 0) is 18.1 Å². The van der Waals surface area contributed by atoms with Gasteiger partial charge in [-0.3, -0.25) is 0 Å². The number of nitrogens with zero attached hydrogens (tertiary/aromatic N) is 1. The first kappa shape index (κ1) is 15.1. The summed E-state index contributed by atoms with van der Waals surface area (Å²) >= 11 is 1.58. The van der Waals surface area contributed by atoms with Crippen LogP contribution in [0.3, 0.4) is 0 Å². The first-order valence-electron chi connectivity index (χ1n) is 6.97. The Bertz CT molecular complexity index is 576. The summed E-state index contributed by atoms with van der Waals surface area (Å²) in [5, 5.41) is 4.18. The summed E-state index contributed by atoms with van der Waals surface area (Å²) in [6.07, 6.45) is 0. The first-order valence-corrected chi connectivity index (χ1v) is 7.78. The standard InChI is InChI=1S/C16H21FN2S/c1-10(2)15-14(9-18-11(3)4)20-16(19-15)12-7-5-6-8-13(12)17/h5-8,10-11,18H,9H2,1-4H3. The summed E-state index contributed by atoms with van der Waals surface area (Å²) in [6.45, 7) is 9.27. The molecular weight excluding hydrogens is 271 g/mol. The normalized spacial score (nSPS) is 11.6. The highest BCUT2D eigenvalue weighted by Gasteiger charge is 2.17. The van der Waals surface area contributed by atoms with Crippen LogP contribution in [0.2, 0.25) is 0 Å². The van der Waals surface area contributed by atoms with Gasteiger partial charge >= 0.3 is 0 Å². The monoisotopic (exact) mass is 292 g/mol. The molecule has 1 N–H and O–H groups in total. The molecule has 2 aromatic rings. The van der Waals surface area contributed by atoms with Crippen molar-refractivity contribution in [3.63, 3.8) is 0 Å². The van der Waals surface area contributed by atoms with Gasteiger partial charge in [0.1, 0.15) is 10.8 Å². The molecule has 0 fully saturated rings. The number of aromatic nitrogens is 1. The van der Waals surface area contributed by atoms with Crippen LogP contribution in [-0.4, -0.2) is 11.0 Å². The van der Waals surface area contributed by atoms with Crippen LogP contribution in [0.1, 0.15) is 44.2 Å². The molecule has 2 nitrogen and oxygen atoms in total. The Hall–Kier alpha value is -1.26. The smallest absolute Gasteiger partial charge is 0.133 e. The van der Waals surface area contributed by atoms with E-state index in [9.17, 15) is 4.39 Å². The van der Waals surface area contributed by atoms with Crippen molar-refractivity contribution in [2.75, 3.05) is 0 Å². The van der Waals surface area contributed by atoms with Gasteiger partial charge in [0.25, 0.3) is 0 Å². The van der Waals surface area contributed by atoms with Crippen LogP contribution in [0.25, 0.3) is 10.6 Å². The van der Waals surface area contributed by atoms with Crippen molar-refractivity contribution in [3.05, 3.63) is 40.7 Å². The molecule has 0 radical (unpaired) electrons. The fraction of sp³-hybridized carbons (Fsp3) is 0.438. The van der Waals surface area contributed by atoms with Crippen molar-refractivity contribution in [1.82, 2.24) is 10.3 Å². The third kappa shape index (κ3) is 3.44. The van der Waals surface area contributed by atoms with Gasteiger partial charge in [-0.25, -0.2) is 9.37 Å². The van der Waals surface area contributed by atoms with E-state index in [-0.39, 0.29) is 5.82 Å². The second-order valence-electron chi connectivity index (χ2n) is 5.50. The number of rotatable bonds is 5. The summed E-state index contributed by atoms with van der Waals surface area (Å²) in [4.78, 5) is 5.86. The number of hydrogen-bond acceptors (Lipinski definition) is 3. The third-order valence-corrected chi connectivity index (χ3v) is 4.15. The number of halogens is 1. The maximum atomic E-state index is 13.9. The van der Waals surface area contributed by atoms with Crippen LogP contribution in [0.15, 0.2) is 24.3 Å². The van der Waals surface area contributed by atoms with E-state index in [1.54, 1.807) is 23.5 Å². The number of benzene rings is 1. The lowest BCUT2D eigenvalue weighted by molar-refractivity contribution is 0.588. The van der Waals surface area contributed by atoms with Crippen LogP contribution in [0.5, 0.6) is 0 Å². The molecule has 0 aliphatic carbocycles. The zero-order valence-corrected chi connectivity index (χ0v) is 13.2. The van der Waals surface area contributed by atoms with Crippen molar-refractivity contribution in [2.45, 2.75) is 46.2 Å². The van der Waals surface area contributed by atoms with Gasteiger partial charge in [0.15, 0.2) is 0 Å². The summed E-state index contributed by atoms with van der Waals surface area (Å²) in [5.41, 5.74) is 1.66. The second-order valence-corrected chi connectivity index (χ2v) is 6.58. The molecule has 0 spiro atoms. The molecule has 108 valence electrons. The third-order valence-electron chi connectivity index (χ3n) is 3.05. The molecule has 0 aliphatic heterocycles. The van der Waals surface area contributed by atoms with Crippen LogP contribution in [0, 0.1) is 5.82 Å². The average molecular weight is 292 g/mol. The number of nitrogens with one attached hydrogen (secondary N) is 1. The van der Waals surface area contributed by atoms with E-state index in [0.717, 1.165) is 17.2 Å². The van der Waals surface area contributed by atoms with Gasteiger partial charge < -0.3 is 5.32 Å². The predicted molar refractivity (Wildman–Crippen MR) is 83.6 cm³/mol. The Balaban J connectivity index is 2.36. The largest absolute Gasteiger partial charge is 0.310 e. The Morgan fingerprint density at radius 3 is 2.50 bits per heavy atom. The molecular formula is C16H21FN2S. The average Bonchev–Trinajstić information content (AvgIpc) is 2.81. The van der Waals surface area contributed by atoms with Gasteiger partial charge in [0.2, 0.25) is 0 Å². The van der Waals surface area contributed by atoms with Gasteiger partial charge in [-0.15, -0.1) is 11.3 Å². The van der Waals surface area contributed by atoms with Gasteiger partial charge in [0.05, 0.1) is 5.69 Å². The molecule has 0 saturated heterocycles. The molecule has 1 heterocycles. The summed E-state index contributed by atoms with van der Waals surface area (Å²) in [5.74, 6) is 0.135. The minimum absolute atomic E-state index is 0.208. The quantitative estimate of drug-likeness (QED) is 0.873. The van der Waals surface area contributed by atoms with Crippen molar-refractivity contribution in [1.29, 1.82) is 0 Å². The number of thiazole rings is 1. The molecule has 0 unspecified atom stereocenters. The van der Waals surface area contributed by atoms with E-state index in [0.29, 0.717) is 17.5 Å². The highest BCUT2D eigenvalue weighted by Crippen LogP contribution is 2.33. The molecule has 4 heteroatoms. The topological polar surface area (TPSA) is 24.9 Å². The Labute approximate surface area is 124 Å². The molecule has 0 amide bonds. The Kier molecular flexibility index (Phi) is 4.89. The Morgan fingerprint density at radius 1 is 1.20 bits per heavy atom. The lowest BCUT2D eigenvalue weighted by Gasteiger charge is -2.09. The van der Waals surface area contributed by atoms with Crippen LogP contribution < -0.4 is 5.32 Å². The van der Waals surface area contributed by atoms with Gasteiger partial charge in [-0.1, -0.05) is 39.8 Å². The Morgan fingerprint density at radius 2 is 1.90 bits per heavy atom. The summed E-state index contributed by atoms with van der Waals surface area (Å²) < 4.78 is 13.9. The predicted octanol–water partition coefficient (Wildman–Crippen LogP) is 4.57. The molecule has 0 atom stereocenters. The fourth-order valence-electron chi connectivity index (χ4n) is 1.99. The maximum absolute atomic E-state index is 13.9. The molecule has 0 bridgehead atoms. The zero-order chi connectivity index (χ0) is 14.7. The van der Waals surface area contributed by atoms with Gasteiger partial charge in [0, 0.05) is 23.0 Å². The second kappa shape index (κ2) is 6.46. The molecule has 20 heavy (non-hydrogen) atoms. The molecule has 0 saturated carbocycles. The van der Waals surface area contributed by atoms with E-state index < -0.39 is 0 Å². The van der Waals surface area contributed by atoms with E-state index in [4.69, 9.17) is 0 Å². The van der Waals surface area contributed by atoms with Crippen molar-refractivity contribution < 1.29 is 4.39 Å². The maximum Gasteiger partial charge on any atom is 0.133 e. The van der Waals surface area contributed by atoms with Crippen LogP contribution >= 0.6 is 11.3 Å². The zero-order valence-electron chi connectivity index (χ0n) is 12.4. The van der Waals surface area contributed by atoms with E-state index >= 15 is 0 Å². The van der Waals surface area contributed by atoms with Crippen molar-refractivity contribution >= 4 is 11.3 Å². The molecule has 2 rings (SSSR count). The lowest BCUT2D eigenvalue weighted by Crippen LogP contribution is -2.22. The van der Waals surface area contributed by atoms with E-state index in [2.05, 4.69) is 38.0 Å². The van der Waals surface area contributed by atoms with E-state index in [1.807, 2.05) is 6.07 Å². The minimum atomic E-state index is -0.208. The van der Waals surface area contributed by atoms with Crippen molar-refractivity contribution in [2.24, 2.45) is 0 Å². The lowest BCUT2D eigenvalue weighted by atomic mass is 10.1. The van der Waals surface area contributed by atoms with Crippen LogP contribution in [0.4, 0.5) is 4.39 Å². The number of hydrogen-bond donors (Lipinski definition) is 1. The highest BCUT2D eigenvalue weighted by atomic mass is 32.1.